The number of esters is 1. The number of nitrogens with one attached hydrogen (secondary N) is 1. The fourth-order valence-corrected chi connectivity index (χ4v) is 1.83. The van der Waals surface area contributed by atoms with Crippen LogP contribution in [0.25, 0.3) is 0 Å². The fraction of sp³-hybridized carbons (Fsp3) is 0.154. The highest BCUT2D eigenvalue weighted by Crippen LogP contribution is 2.22. The zero-order valence-electron chi connectivity index (χ0n) is 10.6. The van der Waals surface area contributed by atoms with Gasteiger partial charge in [0.2, 0.25) is 5.88 Å². The summed E-state index contributed by atoms with van der Waals surface area (Å²) >= 11 is 1.85. The Morgan fingerprint density at radius 3 is 2.70 bits per heavy atom. The molecule has 1 N–H and O–H groups in total. The standard InChI is InChI=1S/C13H11IN2O4/c1-2-19-13(18)8-3-5-9(6-4-8)20-12-10(14)11(17)15-7-16-12/h3-7H,2H2,1H3,(H,15,16,17). The molecule has 0 spiro atoms. The number of H-pyrrole nitrogens is 1. The first-order valence-electron chi connectivity index (χ1n) is 5.80. The maximum absolute atomic E-state index is 11.5. The van der Waals surface area contributed by atoms with Crippen LogP contribution in [0.3, 0.4) is 0 Å². The molecule has 0 amide bonds. The van der Waals surface area contributed by atoms with Crippen molar-refractivity contribution in [2.75, 3.05) is 6.61 Å². The van der Waals surface area contributed by atoms with Gasteiger partial charge >= 0.3 is 5.97 Å². The Labute approximate surface area is 128 Å². The van der Waals surface area contributed by atoms with Gasteiger partial charge in [-0.1, -0.05) is 0 Å². The summed E-state index contributed by atoms with van der Waals surface area (Å²) in [6.07, 6.45) is 1.27. The number of aromatic nitrogens is 2. The molecule has 1 aromatic heterocycles. The topological polar surface area (TPSA) is 81.3 Å². The van der Waals surface area contributed by atoms with E-state index >= 15 is 0 Å². The van der Waals surface area contributed by atoms with E-state index in [4.69, 9.17) is 9.47 Å². The number of nitrogens with zero attached hydrogens (tertiary/aromatic N) is 1. The zero-order valence-corrected chi connectivity index (χ0v) is 12.7. The molecule has 1 aromatic carbocycles. The Balaban J connectivity index is 2.17. The number of hydrogen-bond donors (Lipinski definition) is 1. The maximum atomic E-state index is 11.5. The van der Waals surface area contributed by atoms with Crippen LogP contribution in [0.1, 0.15) is 17.3 Å². The van der Waals surface area contributed by atoms with E-state index in [-0.39, 0.29) is 17.4 Å². The molecular formula is C13H11IN2O4. The average molecular weight is 386 g/mol. The van der Waals surface area contributed by atoms with E-state index < -0.39 is 0 Å². The van der Waals surface area contributed by atoms with E-state index in [9.17, 15) is 9.59 Å². The minimum Gasteiger partial charge on any atom is -0.462 e. The molecule has 0 unspecified atom stereocenters. The number of benzene rings is 1. The highest BCUT2D eigenvalue weighted by molar-refractivity contribution is 14.1. The molecule has 1 heterocycles. The number of ether oxygens (including phenoxy) is 2. The Kier molecular flexibility index (Phi) is 4.72. The molecule has 0 aliphatic heterocycles. The summed E-state index contributed by atoms with van der Waals surface area (Å²) in [7, 11) is 0. The van der Waals surface area contributed by atoms with Crippen molar-refractivity contribution in [3.05, 3.63) is 50.1 Å². The lowest BCUT2D eigenvalue weighted by Crippen LogP contribution is -2.11. The van der Waals surface area contributed by atoms with E-state index in [0.29, 0.717) is 21.5 Å². The molecule has 0 saturated carbocycles. The minimum absolute atomic E-state index is 0.221. The van der Waals surface area contributed by atoms with Gasteiger partial charge in [0.25, 0.3) is 5.56 Å². The van der Waals surface area contributed by atoms with Gasteiger partial charge < -0.3 is 14.5 Å². The number of carbonyl (C=O) groups is 1. The number of aromatic amines is 1. The summed E-state index contributed by atoms with van der Waals surface area (Å²) in [5, 5.41) is 0. The predicted octanol–water partition coefficient (Wildman–Crippen LogP) is 2.34. The lowest BCUT2D eigenvalue weighted by atomic mass is 10.2. The molecule has 0 bridgehead atoms. The highest BCUT2D eigenvalue weighted by atomic mass is 127. The second-order valence-corrected chi connectivity index (χ2v) is 4.78. The summed E-state index contributed by atoms with van der Waals surface area (Å²) in [4.78, 5) is 29.3. The average Bonchev–Trinajstić information content (AvgIpc) is 2.45. The van der Waals surface area contributed by atoms with E-state index in [1.807, 2.05) is 22.6 Å². The van der Waals surface area contributed by atoms with Crippen molar-refractivity contribution in [3.63, 3.8) is 0 Å². The molecule has 2 aromatic rings. The lowest BCUT2D eigenvalue weighted by Gasteiger charge is -2.06. The van der Waals surface area contributed by atoms with E-state index in [1.165, 1.54) is 6.33 Å². The largest absolute Gasteiger partial charge is 0.462 e. The smallest absolute Gasteiger partial charge is 0.338 e. The molecule has 7 heteroatoms. The van der Waals surface area contributed by atoms with Crippen LogP contribution in [-0.2, 0) is 4.74 Å². The SMILES string of the molecule is CCOC(=O)c1ccc(Oc2nc[nH]c(=O)c2I)cc1. The van der Waals surface area contributed by atoms with Gasteiger partial charge in [0.1, 0.15) is 9.32 Å². The van der Waals surface area contributed by atoms with Crippen LogP contribution in [0.4, 0.5) is 0 Å². The summed E-state index contributed by atoms with van der Waals surface area (Å²) in [5.41, 5.74) is 0.173. The second-order valence-electron chi connectivity index (χ2n) is 3.70. The molecule has 20 heavy (non-hydrogen) atoms. The van der Waals surface area contributed by atoms with Crippen molar-refractivity contribution < 1.29 is 14.3 Å². The zero-order chi connectivity index (χ0) is 14.5. The van der Waals surface area contributed by atoms with Gasteiger partial charge in [0.05, 0.1) is 18.5 Å². The van der Waals surface area contributed by atoms with Gasteiger partial charge in [0.15, 0.2) is 0 Å². The van der Waals surface area contributed by atoms with Crippen molar-refractivity contribution in [1.29, 1.82) is 0 Å². The minimum atomic E-state index is -0.386. The summed E-state index contributed by atoms with van der Waals surface area (Å²) in [6, 6.07) is 6.41. The molecule has 0 atom stereocenters. The monoisotopic (exact) mass is 386 g/mol. The Bertz CT molecular complexity index is 667. The van der Waals surface area contributed by atoms with Crippen molar-refractivity contribution in [2.24, 2.45) is 0 Å². The number of halogens is 1. The summed E-state index contributed by atoms with van der Waals surface area (Å²) in [5.74, 6) is 0.315. The molecule has 6 nitrogen and oxygen atoms in total. The Morgan fingerprint density at radius 1 is 1.35 bits per heavy atom. The second kappa shape index (κ2) is 6.51. The van der Waals surface area contributed by atoms with Crippen molar-refractivity contribution >= 4 is 28.6 Å². The van der Waals surface area contributed by atoms with Crippen LogP contribution in [0.15, 0.2) is 35.4 Å². The van der Waals surface area contributed by atoms with Crippen LogP contribution in [0, 0.1) is 3.57 Å². The van der Waals surface area contributed by atoms with E-state index in [2.05, 4.69) is 9.97 Å². The third kappa shape index (κ3) is 3.35. The molecule has 104 valence electrons. The molecule has 0 aliphatic rings. The molecule has 0 radical (unpaired) electrons. The van der Waals surface area contributed by atoms with E-state index in [1.54, 1.807) is 31.2 Å². The summed E-state index contributed by atoms with van der Waals surface area (Å²) in [6.45, 7) is 2.07. The Hall–Kier alpha value is -1.90. The van der Waals surface area contributed by atoms with Crippen molar-refractivity contribution in [3.8, 4) is 11.6 Å². The number of carbonyl (C=O) groups excluding carboxylic acids is 1. The van der Waals surface area contributed by atoms with Gasteiger partial charge in [-0.05, 0) is 53.8 Å². The first-order valence-corrected chi connectivity index (χ1v) is 6.88. The van der Waals surface area contributed by atoms with Gasteiger partial charge in [0, 0.05) is 0 Å². The van der Waals surface area contributed by atoms with Crippen LogP contribution in [0.5, 0.6) is 11.6 Å². The van der Waals surface area contributed by atoms with E-state index in [0.717, 1.165) is 0 Å². The first-order chi connectivity index (χ1) is 9.61. The highest BCUT2D eigenvalue weighted by Gasteiger charge is 2.09. The van der Waals surface area contributed by atoms with Crippen LogP contribution >= 0.6 is 22.6 Å². The molecule has 0 fully saturated rings. The quantitative estimate of drug-likeness (QED) is 0.645. The van der Waals surface area contributed by atoms with Gasteiger partial charge in [-0.2, -0.15) is 0 Å². The van der Waals surface area contributed by atoms with Gasteiger partial charge in [-0.3, -0.25) is 4.79 Å². The first kappa shape index (κ1) is 14.5. The molecule has 0 aliphatic carbocycles. The molecule has 0 saturated heterocycles. The Morgan fingerprint density at radius 2 is 2.05 bits per heavy atom. The van der Waals surface area contributed by atoms with Crippen LogP contribution < -0.4 is 10.3 Å². The number of rotatable bonds is 4. The third-order valence-electron chi connectivity index (χ3n) is 2.34. The van der Waals surface area contributed by atoms with Gasteiger partial charge in [-0.15, -0.1) is 0 Å². The maximum Gasteiger partial charge on any atom is 0.338 e. The predicted molar refractivity (Wildman–Crippen MR) is 80.0 cm³/mol. The van der Waals surface area contributed by atoms with Gasteiger partial charge in [-0.25, -0.2) is 9.78 Å². The van der Waals surface area contributed by atoms with Crippen LogP contribution in [0.2, 0.25) is 0 Å². The van der Waals surface area contributed by atoms with Crippen LogP contribution in [-0.4, -0.2) is 22.5 Å². The molecular weight excluding hydrogens is 375 g/mol. The third-order valence-corrected chi connectivity index (χ3v) is 3.30. The summed E-state index contributed by atoms with van der Waals surface area (Å²) < 4.78 is 10.7. The lowest BCUT2D eigenvalue weighted by molar-refractivity contribution is 0.0526. The van der Waals surface area contributed by atoms with Crippen molar-refractivity contribution in [1.82, 2.24) is 9.97 Å². The number of hydrogen-bond acceptors (Lipinski definition) is 5. The normalized spacial score (nSPS) is 10.1. The van der Waals surface area contributed by atoms with Crippen molar-refractivity contribution in [2.45, 2.75) is 6.92 Å². The molecule has 2 rings (SSSR count). The fourth-order valence-electron chi connectivity index (χ4n) is 1.42.